The third kappa shape index (κ3) is 5.21. The minimum atomic E-state index is -4.91. The minimum absolute atomic E-state index is 0.146. The summed E-state index contributed by atoms with van der Waals surface area (Å²) in [5.41, 5.74) is -1.23. The van der Waals surface area contributed by atoms with Gasteiger partial charge in [-0.15, -0.1) is 5.54 Å². The molecule has 0 radical (unpaired) electrons. The summed E-state index contributed by atoms with van der Waals surface area (Å²) in [6.07, 6.45) is -4.27. The van der Waals surface area contributed by atoms with E-state index < -0.39 is 42.7 Å². The standard InChI is InChI=1S/C20H22F4N2O3Si/c1-6-8-29-16-11-15(14(21)10-13(16)7-9-30(3,4)5)26-18(27)12-17(20(22,23)24)25(2)19(26)28/h10-12H,6,8H2,1-5H3. The Morgan fingerprint density at radius 2 is 1.77 bits per heavy atom. The van der Waals surface area contributed by atoms with Crippen molar-refractivity contribution in [3.05, 3.63) is 56.1 Å². The average molecular weight is 442 g/mol. The van der Waals surface area contributed by atoms with E-state index in [1.54, 1.807) is 0 Å². The number of ether oxygens (including phenoxy) is 1. The largest absolute Gasteiger partial charge is 0.492 e. The van der Waals surface area contributed by atoms with E-state index in [9.17, 15) is 27.2 Å². The lowest BCUT2D eigenvalue weighted by atomic mass is 10.1. The van der Waals surface area contributed by atoms with Crippen molar-refractivity contribution < 1.29 is 22.3 Å². The molecule has 0 saturated carbocycles. The molecule has 1 aromatic carbocycles. The zero-order valence-corrected chi connectivity index (χ0v) is 18.3. The number of aromatic nitrogens is 2. The molecule has 0 aliphatic carbocycles. The fourth-order valence-electron chi connectivity index (χ4n) is 2.52. The number of alkyl halides is 3. The normalized spacial score (nSPS) is 11.8. The Kier molecular flexibility index (Phi) is 6.66. The molecule has 0 aliphatic rings. The number of rotatable bonds is 4. The van der Waals surface area contributed by atoms with Crippen LogP contribution in [0, 0.1) is 17.3 Å². The molecule has 0 atom stereocenters. The SMILES string of the molecule is CCCOc1cc(-n2c(=O)cc(C(F)(F)F)n(C)c2=O)c(F)cc1C#C[Si](C)(C)C. The summed E-state index contributed by atoms with van der Waals surface area (Å²) in [6, 6.07) is 2.40. The smallest absolute Gasteiger partial charge is 0.431 e. The van der Waals surface area contributed by atoms with E-state index in [0.29, 0.717) is 11.0 Å². The van der Waals surface area contributed by atoms with Gasteiger partial charge < -0.3 is 4.74 Å². The average Bonchev–Trinajstić information content (AvgIpc) is 2.61. The van der Waals surface area contributed by atoms with E-state index in [0.717, 1.165) is 19.2 Å². The highest BCUT2D eigenvalue weighted by atomic mass is 28.3. The van der Waals surface area contributed by atoms with Gasteiger partial charge in [0.2, 0.25) is 0 Å². The Morgan fingerprint density at radius 1 is 1.13 bits per heavy atom. The van der Waals surface area contributed by atoms with Crippen molar-refractivity contribution in [2.75, 3.05) is 6.61 Å². The first kappa shape index (κ1) is 23.5. The summed E-state index contributed by atoms with van der Waals surface area (Å²) < 4.78 is 60.2. The zero-order chi connectivity index (χ0) is 22.9. The highest BCUT2D eigenvalue weighted by Crippen LogP contribution is 2.28. The van der Waals surface area contributed by atoms with Gasteiger partial charge in [-0.05, 0) is 12.5 Å². The minimum Gasteiger partial charge on any atom is -0.492 e. The summed E-state index contributed by atoms with van der Waals surface area (Å²) >= 11 is 0. The summed E-state index contributed by atoms with van der Waals surface area (Å²) in [6.45, 7) is 8.13. The lowest BCUT2D eigenvalue weighted by molar-refractivity contribution is -0.144. The Balaban J connectivity index is 2.77. The van der Waals surface area contributed by atoms with Crippen LogP contribution in [0.5, 0.6) is 5.75 Å². The van der Waals surface area contributed by atoms with Crippen LogP contribution < -0.4 is 16.0 Å². The van der Waals surface area contributed by atoms with Gasteiger partial charge >= 0.3 is 11.9 Å². The van der Waals surface area contributed by atoms with E-state index in [1.165, 1.54) is 0 Å². The second-order valence-corrected chi connectivity index (χ2v) is 12.4. The molecule has 0 unspecified atom stereocenters. The van der Waals surface area contributed by atoms with Crippen LogP contribution in [0.1, 0.15) is 24.6 Å². The summed E-state index contributed by atoms with van der Waals surface area (Å²) in [5.74, 6) is 2.05. The monoisotopic (exact) mass is 442 g/mol. The summed E-state index contributed by atoms with van der Waals surface area (Å²) in [4.78, 5) is 24.8. The first-order valence-electron chi connectivity index (χ1n) is 9.16. The van der Waals surface area contributed by atoms with Crippen LogP contribution in [0.25, 0.3) is 5.69 Å². The molecular formula is C20H22F4N2O3Si. The lowest BCUT2D eigenvalue weighted by Crippen LogP contribution is -2.41. The topological polar surface area (TPSA) is 53.2 Å². The second kappa shape index (κ2) is 8.51. The van der Waals surface area contributed by atoms with Crippen molar-refractivity contribution in [1.29, 1.82) is 0 Å². The van der Waals surface area contributed by atoms with E-state index in [-0.39, 0.29) is 28.6 Å². The van der Waals surface area contributed by atoms with Crippen molar-refractivity contribution in [2.24, 2.45) is 7.05 Å². The number of hydrogen-bond acceptors (Lipinski definition) is 3. The Bertz CT molecular complexity index is 1130. The van der Waals surface area contributed by atoms with Gasteiger partial charge in [0.05, 0.1) is 17.9 Å². The summed E-state index contributed by atoms with van der Waals surface area (Å²) in [5, 5.41) is 0. The van der Waals surface area contributed by atoms with Gasteiger partial charge in [0.15, 0.2) is 0 Å². The molecular weight excluding hydrogens is 420 g/mol. The third-order valence-corrected chi connectivity index (χ3v) is 4.81. The molecule has 162 valence electrons. The van der Waals surface area contributed by atoms with Crippen LogP contribution in [-0.2, 0) is 13.2 Å². The van der Waals surface area contributed by atoms with E-state index in [2.05, 4.69) is 11.5 Å². The highest BCUT2D eigenvalue weighted by molar-refractivity contribution is 6.83. The van der Waals surface area contributed by atoms with Gasteiger partial charge in [-0.1, -0.05) is 32.5 Å². The Hall–Kier alpha value is -2.80. The summed E-state index contributed by atoms with van der Waals surface area (Å²) in [7, 11) is -0.930. The Labute approximate surface area is 171 Å². The van der Waals surface area contributed by atoms with E-state index >= 15 is 0 Å². The molecule has 10 heteroatoms. The van der Waals surface area contributed by atoms with Crippen LogP contribution in [-0.4, -0.2) is 23.8 Å². The Morgan fingerprint density at radius 3 is 2.30 bits per heavy atom. The number of halogens is 4. The van der Waals surface area contributed by atoms with Crippen molar-refractivity contribution in [3.63, 3.8) is 0 Å². The molecule has 5 nitrogen and oxygen atoms in total. The van der Waals surface area contributed by atoms with E-state index in [4.69, 9.17) is 4.74 Å². The molecule has 0 N–H and O–H groups in total. The van der Waals surface area contributed by atoms with Gasteiger partial charge in [0, 0.05) is 19.2 Å². The highest BCUT2D eigenvalue weighted by Gasteiger charge is 2.35. The predicted octanol–water partition coefficient (Wildman–Crippen LogP) is 3.71. The second-order valence-electron chi connectivity index (χ2n) is 7.69. The van der Waals surface area contributed by atoms with Gasteiger partial charge in [-0.2, -0.15) is 13.2 Å². The van der Waals surface area contributed by atoms with Gasteiger partial charge in [-0.3, -0.25) is 9.36 Å². The number of nitrogens with zero attached hydrogens (tertiary/aromatic N) is 2. The zero-order valence-electron chi connectivity index (χ0n) is 17.3. The number of benzene rings is 1. The first-order chi connectivity index (χ1) is 13.8. The molecule has 2 rings (SSSR count). The van der Waals surface area contributed by atoms with Crippen LogP contribution in [0.3, 0.4) is 0 Å². The van der Waals surface area contributed by atoms with Crippen LogP contribution in [0.4, 0.5) is 17.6 Å². The fourth-order valence-corrected chi connectivity index (χ4v) is 3.03. The molecule has 0 amide bonds. The molecule has 0 bridgehead atoms. The van der Waals surface area contributed by atoms with Crippen molar-refractivity contribution >= 4 is 8.07 Å². The maximum Gasteiger partial charge on any atom is 0.431 e. The van der Waals surface area contributed by atoms with Gasteiger partial charge in [0.1, 0.15) is 25.3 Å². The molecule has 0 saturated heterocycles. The molecule has 30 heavy (non-hydrogen) atoms. The molecule has 0 spiro atoms. The van der Waals surface area contributed by atoms with Crippen molar-refractivity contribution in [3.8, 4) is 22.9 Å². The predicted molar refractivity (Wildman–Crippen MR) is 108 cm³/mol. The maximum absolute atomic E-state index is 14.8. The molecule has 1 heterocycles. The van der Waals surface area contributed by atoms with Gasteiger partial charge in [0.25, 0.3) is 5.56 Å². The molecule has 2 aromatic rings. The lowest BCUT2D eigenvalue weighted by Gasteiger charge is -2.16. The van der Waals surface area contributed by atoms with Crippen LogP contribution in [0.2, 0.25) is 19.6 Å². The first-order valence-corrected chi connectivity index (χ1v) is 12.7. The molecule has 0 aliphatic heterocycles. The fraction of sp³-hybridized carbons (Fsp3) is 0.400. The van der Waals surface area contributed by atoms with Crippen LogP contribution >= 0.6 is 0 Å². The van der Waals surface area contributed by atoms with Crippen molar-refractivity contribution in [1.82, 2.24) is 9.13 Å². The van der Waals surface area contributed by atoms with E-state index in [1.807, 2.05) is 26.6 Å². The maximum atomic E-state index is 14.8. The molecule has 0 fully saturated rings. The quantitative estimate of drug-likeness (QED) is 0.412. The van der Waals surface area contributed by atoms with Gasteiger partial charge in [-0.25, -0.2) is 13.8 Å². The number of hydrogen-bond donors (Lipinski definition) is 0. The van der Waals surface area contributed by atoms with Crippen LogP contribution in [0.15, 0.2) is 27.8 Å². The third-order valence-electron chi connectivity index (χ3n) is 3.93. The molecule has 1 aromatic heterocycles. The van der Waals surface area contributed by atoms with Crippen molar-refractivity contribution in [2.45, 2.75) is 39.2 Å².